The Morgan fingerprint density at radius 2 is 2.12 bits per heavy atom. The number of nitrogens with one attached hydrogen (secondary N) is 1. The van der Waals surface area contributed by atoms with Gasteiger partial charge in [0.25, 0.3) is 0 Å². The van der Waals surface area contributed by atoms with Crippen molar-refractivity contribution in [2.75, 3.05) is 6.54 Å². The number of hydrogen-bond donors (Lipinski definition) is 1. The van der Waals surface area contributed by atoms with Gasteiger partial charge < -0.3 is 5.32 Å². The van der Waals surface area contributed by atoms with Crippen LogP contribution in [-0.2, 0) is 6.42 Å². The van der Waals surface area contributed by atoms with E-state index >= 15 is 0 Å². The molecule has 1 saturated carbocycles. The van der Waals surface area contributed by atoms with Crippen molar-refractivity contribution in [2.24, 2.45) is 5.92 Å². The molecule has 0 aliphatic heterocycles. The zero-order valence-corrected chi connectivity index (χ0v) is 10.9. The third-order valence-corrected chi connectivity index (χ3v) is 3.93. The molecule has 1 heterocycles. The summed E-state index contributed by atoms with van der Waals surface area (Å²) in [4.78, 5) is 4.35. The Kier molecular flexibility index (Phi) is 4.99. The minimum Gasteiger partial charge on any atom is -0.314 e. The van der Waals surface area contributed by atoms with Gasteiger partial charge in [0.2, 0.25) is 0 Å². The second-order valence-electron chi connectivity index (χ2n) is 5.21. The smallest absolute Gasteiger partial charge is 0.0416 e. The predicted molar refractivity (Wildman–Crippen MR) is 72.0 cm³/mol. The summed E-state index contributed by atoms with van der Waals surface area (Å²) >= 11 is 0. The van der Waals surface area contributed by atoms with Crippen LogP contribution in [0.5, 0.6) is 0 Å². The number of hydrogen-bond acceptors (Lipinski definition) is 2. The van der Waals surface area contributed by atoms with Crippen LogP contribution in [-0.4, -0.2) is 17.6 Å². The normalized spacial score (nSPS) is 19.1. The number of nitrogens with zero attached hydrogens (tertiary/aromatic N) is 1. The van der Waals surface area contributed by atoms with Crippen LogP contribution in [0.2, 0.25) is 0 Å². The lowest BCUT2D eigenvalue weighted by Gasteiger charge is -2.28. The van der Waals surface area contributed by atoms with Crippen molar-refractivity contribution in [3.05, 3.63) is 30.1 Å². The molecule has 0 bridgehead atoms. The molecule has 1 N–H and O–H groups in total. The summed E-state index contributed by atoms with van der Waals surface area (Å²) in [6.07, 6.45) is 10.0. The van der Waals surface area contributed by atoms with Crippen LogP contribution in [0.4, 0.5) is 0 Å². The summed E-state index contributed by atoms with van der Waals surface area (Å²) in [7, 11) is 0. The highest BCUT2D eigenvalue weighted by Crippen LogP contribution is 2.26. The van der Waals surface area contributed by atoms with Gasteiger partial charge >= 0.3 is 0 Å². The van der Waals surface area contributed by atoms with Crippen LogP contribution in [0.1, 0.15) is 44.7 Å². The molecular formula is C15H24N2. The molecule has 2 heteroatoms. The molecule has 1 aromatic heterocycles. The summed E-state index contributed by atoms with van der Waals surface area (Å²) in [5.41, 5.74) is 1.19. The lowest BCUT2D eigenvalue weighted by atomic mass is 9.84. The first kappa shape index (κ1) is 12.6. The maximum atomic E-state index is 4.35. The largest absolute Gasteiger partial charge is 0.314 e. The molecule has 1 aromatic rings. The van der Waals surface area contributed by atoms with E-state index in [0.717, 1.165) is 18.9 Å². The summed E-state index contributed by atoms with van der Waals surface area (Å²) in [5.74, 6) is 0.896. The molecule has 1 fully saturated rings. The van der Waals surface area contributed by atoms with E-state index in [-0.39, 0.29) is 0 Å². The topological polar surface area (TPSA) is 24.9 Å². The van der Waals surface area contributed by atoms with Gasteiger partial charge in [-0.1, -0.05) is 25.3 Å². The molecule has 2 nitrogen and oxygen atoms in total. The van der Waals surface area contributed by atoms with Gasteiger partial charge in [-0.15, -0.1) is 0 Å². The minimum absolute atomic E-state index is 0.666. The molecule has 0 unspecified atom stereocenters. The molecule has 0 aromatic carbocycles. The zero-order chi connectivity index (χ0) is 11.9. The van der Waals surface area contributed by atoms with Gasteiger partial charge in [0.1, 0.15) is 0 Å². The predicted octanol–water partition coefficient (Wildman–Crippen LogP) is 3.18. The maximum Gasteiger partial charge on any atom is 0.0416 e. The van der Waals surface area contributed by atoms with E-state index in [1.807, 2.05) is 12.3 Å². The Hall–Kier alpha value is -0.890. The molecule has 94 valence electrons. The van der Waals surface area contributed by atoms with Crippen LogP contribution < -0.4 is 5.32 Å². The molecule has 1 aliphatic rings. The molecule has 0 radical (unpaired) electrons. The van der Waals surface area contributed by atoms with Crippen LogP contribution in [0, 0.1) is 5.92 Å². The summed E-state index contributed by atoms with van der Waals surface area (Å²) in [5, 5.41) is 3.66. The number of aromatic nitrogens is 1. The van der Waals surface area contributed by atoms with E-state index < -0.39 is 0 Å². The second-order valence-corrected chi connectivity index (χ2v) is 5.21. The van der Waals surface area contributed by atoms with Crippen molar-refractivity contribution in [3.8, 4) is 0 Å². The van der Waals surface area contributed by atoms with E-state index in [1.165, 1.54) is 37.8 Å². The molecule has 1 aliphatic carbocycles. The van der Waals surface area contributed by atoms with Crippen molar-refractivity contribution in [2.45, 2.75) is 51.5 Å². The lowest BCUT2D eigenvalue weighted by Crippen LogP contribution is -2.35. The quantitative estimate of drug-likeness (QED) is 0.843. The monoisotopic (exact) mass is 232 g/mol. The van der Waals surface area contributed by atoms with E-state index in [2.05, 4.69) is 29.4 Å². The Labute approximate surface area is 105 Å². The van der Waals surface area contributed by atoms with Gasteiger partial charge in [-0.3, -0.25) is 4.98 Å². The Morgan fingerprint density at radius 3 is 2.82 bits per heavy atom. The first-order chi connectivity index (χ1) is 8.36. The fourth-order valence-electron chi connectivity index (χ4n) is 2.77. The molecule has 1 atom stereocenters. The van der Waals surface area contributed by atoms with Crippen molar-refractivity contribution < 1.29 is 0 Å². The minimum atomic E-state index is 0.666. The van der Waals surface area contributed by atoms with Gasteiger partial charge in [-0.2, -0.15) is 0 Å². The first-order valence-electron chi connectivity index (χ1n) is 6.99. The average molecular weight is 232 g/mol. The van der Waals surface area contributed by atoms with Crippen molar-refractivity contribution in [1.29, 1.82) is 0 Å². The SMILES string of the molecule is C[C@H](NCCc1ccccn1)C1CCCCC1. The highest BCUT2D eigenvalue weighted by molar-refractivity contribution is 5.03. The summed E-state index contributed by atoms with van der Waals surface area (Å²) < 4.78 is 0. The molecule has 0 saturated heterocycles. The second kappa shape index (κ2) is 6.75. The van der Waals surface area contributed by atoms with Gasteiger partial charge in [0.05, 0.1) is 0 Å². The first-order valence-corrected chi connectivity index (χ1v) is 6.99. The zero-order valence-electron chi connectivity index (χ0n) is 10.9. The van der Waals surface area contributed by atoms with Gasteiger partial charge in [-0.05, 0) is 37.8 Å². The number of pyridine rings is 1. The Bertz CT molecular complexity index is 304. The molecule has 0 spiro atoms. The standard InChI is InChI=1S/C15H24N2/c1-13(14-7-3-2-4-8-14)16-12-10-15-9-5-6-11-17-15/h5-6,9,11,13-14,16H,2-4,7-8,10,12H2,1H3/t13-/m0/s1. The van der Waals surface area contributed by atoms with Gasteiger partial charge in [0, 0.05) is 30.9 Å². The summed E-state index contributed by atoms with van der Waals surface area (Å²) in [6, 6.07) is 6.81. The fraction of sp³-hybridized carbons (Fsp3) is 0.667. The Balaban J connectivity index is 1.67. The molecule has 17 heavy (non-hydrogen) atoms. The highest BCUT2D eigenvalue weighted by Gasteiger charge is 2.19. The summed E-state index contributed by atoms with van der Waals surface area (Å²) in [6.45, 7) is 3.39. The molecular weight excluding hydrogens is 208 g/mol. The van der Waals surface area contributed by atoms with Crippen LogP contribution >= 0.6 is 0 Å². The van der Waals surface area contributed by atoms with E-state index in [4.69, 9.17) is 0 Å². The Morgan fingerprint density at radius 1 is 1.29 bits per heavy atom. The highest BCUT2D eigenvalue weighted by atomic mass is 14.9. The average Bonchev–Trinajstić information content (AvgIpc) is 2.41. The van der Waals surface area contributed by atoms with Crippen molar-refractivity contribution in [3.63, 3.8) is 0 Å². The third kappa shape index (κ3) is 4.12. The lowest BCUT2D eigenvalue weighted by molar-refractivity contribution is 0.282. The molecule has 2 rings (SSSR count). The van der Waals surface area contributed by atoms with Crippen LogP contribution in [0.15, 0.2) is 24.4 Å². The van der Waals surface area contributed by atoms with Crippen molar-refractivity contribution >= 4 is 0 Å². The number of rotatable bonds is 5. The third-order valence-electron chi connectivity index (χ3n) is 3.93. The van der Waals surface area contributed by atoms with Crippen LogP contribution in [0.25, 0.3) is 0 Å². The van der Waals surface area contributed by atoms with Gasteiger partial charge in [-0.25, -0.2) is 0 Å². The maximum absolute atomic E-state index is 4.35. The fourth-order valence-corrected chi connectivity index (χ4v) is 2.77. The molecule has 0 amide bonds. The van der Waals surface area contributed by atoms with Gasteiger partial charge in [0.15, 0.2) is 0 Å². The van der Waals surface area contributed by atoms with E-state index in [9.17, 15) is 0 Å². The van der Waals surface area contributed by atoms with Crippen LogP contribution in [0.3, 0.4) is 0 Å². The van der Waals surface area contributed by atoms with E-state index in [1.54, 1.807) is 0 Å². The van der Waals surface area contributed by atoms with E-state index in [0.29, 0.717) is 6.04 Å². The van der Waals surface area contributed by atoms with Crippen molar-refractivity contribution in [1.82, 2.24) is 10.3 Å².